The van der Waals surface area contributed by atoms with Crippen molar-refractivity contribution in [3.05, 3.63) is 106 Å². The van der Waals surface area contributed by atoms with Crippen molar-refractivity contribution in [3.63, 3.8) is 0 Å². The van der Waals surface area contributed by atoms with E-state index in [9.17, 15) is 14.9 Å². The van der Waals surface area contributed by atoms with Crippen LogP contribution in [-0.4, -0.2) is 10.8 Å². The van der Waals surface area contributed by atoms with Crippen LogP contribution >= 0.6 is 0 Å². The second-order valence-corrected chi connectivity index (χ2v) is 6.91. The molecule has 3 aromatic rings. The number of nitrogens with one attached hydrogen (secondary N) is 2. The van der Waals surface area contributed by atoms with E-state index in [-0.39, 0.29) is 23.3 Å². The quantitative estimate of drug-likeness (QED) is 0.443. The Bertz CT molecular complexity index is 991. The van der Waals surface area contributed by atoms with Crippen LogP contribution in [0.15, 0.2) is 78.9 Å². The van der Waals surface area contributed by atoms with Crippen LogP contribution in [0.1, 0.15) is 35.7 Å². The summed E-state index contributed by atoms with van der Waals surface area (Å²) in [5, 5.41) is 17.5. The summed E-state index contributed by atoms with van der Waals surface area (Å²) in [6, 6.07) is 23.1. The Morgan fingerprint density at radius 1 is 0.931 bits per heavy atom. The molecule has 29 heavy (non-hydrogen) atoms. The van der Waals surface area contributed by atoms with E-state index in [0.29, 0.717) is 0 Å². The first-order valence-corrected chi connectivity index (χ1v) is 9.37. The van der Waals surface area contributed by atoms with Crippen LogP contribution in [0.5, 0.6) is 0 Å². The number of hydrogen-bond donors (Lipinski definition) is 2. The molecule has 0 aromatic heterocycles. The fourth-order valence-corrected chi connectivity index (χ4v) is 3.16. The molecular weight excluding hydrogens is 366 g/mol. The van der Waals surface area contributed by atoms with Crippen molar-refractivity contribution >= 4 is 17.3 Å². The highest BCUT2D eigenvalue weighted by Crippen LogP contribution is 2.27. The van der Waals surface area contributed by atoms with Gasteiger partial charge in [-0.05, 0) is 36.6 Å². The maximum Gasteiger partial charge on any atom is 0.293 e. The van der Waals surface area contributed by atoms with Crippen LogP contribution in [0, 0.1) is 17.0 Å². The average Bonchev–Trinajstić information content (AvgIpc) is 2.74. The van der Waals surface area contributed by atoms with Crippen LogP contribution in [0.2, 0.25) is 0 Å². The Labute approximate surface area is 169 Å². The van der Waals surface area contributed by atoms with Gasteiger partial charge in [-0.1, -0.05) is 66.7 Å². The third-order valence-corrected chi connectivity index (χ3v) is 4.72. The molecule has 0 saturated heterocycles. The molecule has 2 atom stereocenters. The molecule has 0 spiro atoms. The number of nitro benzene ring substituents is 1. The third-order valence-electron chi connectivity index (χ3n) is 4.72. The highest BCUT2D eigenvalue weighted by Gasteiger charge is 2.25. The number of hydrogen-bond acceptors (Lipinski definition) is 4. The van der Waals surface area contributed by atoms with Crippen molar-refractivity contribution in [3.8, 4) is 0 Å². The first kappa shape index (κ1) is 20.2. The maximum atomic E-state index is 13.1. The van der Waals surface area contributed by atoms with Crippen molar-refractivity contribution in [2.45, 2.75) is 25.9 Å². The molecule has 0 aliphatic carbocycles. The molecule has 3 rings (SSSR count). The number of carbonyl (C=O) groups excluding carboxylic acids is 1. The van der Waals surface area contributed by atoms with E-state index in [1.165, 1.54) is 6.07 Å². The number of carbonyl (C=O) groups is 1. The van der Waals surface area contributed by atoms with Crippen LogP contribution in [-0.2, 0) is 4.79 Å². The van der Waals surface area contributed by atoms with Gasteiger partial charge < -0.3 is 5.32 Å². The standard InChI is InChI=1S/C23H23N3O3/c1-16-13-14-20(21(15-16)26(28)29)25-23(27)22(19-11-7-4-8-12-19)24-17(2)18-9-5-3-6-10-18/h3-15,17,22,24H,1-2H3,(H,25,27)/t17-,22-/m1/s1. The highest BCUT2D eigenvalue weighted by molar-refractivity contribution is 5.97. The summed E-state index contributed by atoms with van der Waals surface area (Å²) >= 11 is 0. The van der Waals surface area contributed by atoms with Gasteiger partial charge in [0.1, 0.15) is 11.7 Å². The van der Waals surface area contributed by atoms with Crippen molar-refractivity contribution in [2.75, 3.05) is 5.32 Å². The number of anilines is 1. The fraction of sp³-hybridized carbons (Fsp3) is 0.174. The normalized spacial score (nSPS) is 12.8. The van der Waals surface area contributed by atoms with Crippen molar-refractivity contribution in [1.82, 2.24) is 5.32 Å². The molecule has 0 saturated carbocycles. The molecule has 3 aromatic carbocycles. The predicted molar refractivity (Wildman–Crippen MR) is 114 cm³/mol. The molecule has 6 heteroatoms. The van der Waals surface area contributed by atoms with Crippen LogP contribution < -0.4 is 10.6 Å². The Kier molecular flexibility index (Phi) is 6.36. The third kappa shape index (κ3) is 5.06. The summed E-state index contributed by atoms with van der Waals surface area (Å²) < 4.78 is 0. The zero-order valence-corrected chi connectivity index (χ0v) is 16.3. The predicted octanol–water partition coefficient (Wildman–Crippen LogP) is 4.93. The minimum absolute atomic E-state index is 0.0971. The van der Waals surface area contributed by atoms with Crippen molar-refractivity contribution in [2.24, 2.45) is 0 Å². The van der Waals surface area contributed by atoms with E-state index in [2.05, 4.69) is 10.6 Å². The van der Waals surface area contributed by atoms with Gasteiger partial charge in [-0.15, -0.1) is 0 Å². The second-order valence-electron chi connectivity index (χ2n) is 6.91. The molecule has 148 valence electrons. The van der Waals surface area contributed by atoms with Crippen LogP contribution in [0.3, 0.4) is 0 Å². The number of benzene rings is 3. The molecule has 0 heterocycles. The number of nitrogens with zero attached hydrogens (tertiary/aromatic N) is 1. The van der Waals surface area contributed by atoms with Gasteiger partial charge in [0, 0.05) is 12.1 Å². The maximum absolute atomic E-state index is 13.1. The Morgan fingerprint density at radius 3 is 2.10 bits per heavy atom. The summed E-state index contributed by atoms with van der Waals surface area (Å²) in [4.78, 5) is 24.1. The van der Waals surface area contributed by atoms with Crippen LogP contribution in [0.4, 0.5) is 11.4 Å². The summed E-state index contributed by atoms with van der Waals surface area (Å²) in [5.41, 5.74) is 2.64. The molecule has 0 aliphatic rings. The van der Waals surface area contributed by atoms with Crippen LogP contribution in [0.25, 0.3) is 0 Å². The Balaban J connectivity index is 1.89. The van der Waals surface area contributed by atoms with Gasteiger partial charge in [-0.2, -0.15) is 0 Å². The number of nitro groups is 1. The Morgan fingerprint density at radius 2 is 1.52 bits per heavy atom. The van der Waals surface area contributed by atoms with E-state index in [4.69, 9.17) is 0 Å². The zero-order valence-electron chi connectivity index (χ0n) is 16.3. The van der Waals surface area contributed by atoms with Gasteiger partial charge in [0.15, 0.2) is 0 Å². The molecule has 0 aliphatic heterocycles. The molecule has 0 unspecified atom stereocenters. The lowest BCUT2D eigenvalue weighted by Gasteiger charge is -2.23. The first-order chi connectivity index (χ1) is 14.0. The average molecular weight is 389 g/mol. The van der Waals surface area contributed by atoms with E-state index in [1.54, 1.807) is 19.1 Å². The van der Waals surface area contributed by atoms with E-state index < -0.39 is 11.0 Å². The van der Waals surface area contributed by atoms with Gasteiger partial charge in [-0.25, -0.2) is 0 Å². The van der Waals surface area contributed by atoms with Gasteiger partial charge in [0.25, 0.3) is 5.69 Å². The van der Waals surface area contributed by atoms with Crippen molar-refractivity contribution < 1.29 is 9.72 Å². The van der Waals surface area contributed by atoms with Crippen molar-refractivity contribution in [1.29, 1.82) is 0 Å². The molecule has 6 nitrogen and oxygen atoms in total. The lowest BCUT2D eigenvalue weighted by atomic mass is 10.0. The smallest absolute Gasteiger partial charge is 0.293 e. The van der Waals surface area contributed by atoms with Gasteiger partial charge in [-0.3, -0.25) is 20.2 Å². The molecule has 0 fully saturated rings. The van der Waals surface area contributed by atoms with E-state index in [1.807, 2.05) is 67.6 Å². The zero-order chi connectivity index (χ0) is 20.8. The van der Waals surface area contributed by atoms with Gasteiger partial charge >= 0.3 is 0 Å². The Hall–Kier alpha value is -3.51. The molecular formula is C23H23N3O3. The monoisotopic (exact) mass is 389 g/mol. The SMILES string of the molecule is Cc1ccc(NC(=O)[C@H](N[C@H](C)c2ccccc2)c2ccccc2)c([N+](=O)[O-])c1. The summed E-state index contributed by atoms with van der Waals surface area (Å²) in [6.45, 7) is 3.75. The fourth-order valence-electron chi connectivity index (χ4n) is 3.16. The minimum atomic E-state index is -0.674. The molecule has 1 amide bonds. The highest BCUT2D eigenvalue weighted by atomic mass is 16.6. The second kappa shape index (κ2) is 9.12. The largest absolute Gasteiger partial charge is 0.319 e. The lowest BCUT2D eigenvalue weighted by Crippen LogP contribution is -2.34. The lowest BCUT2D eigenvalue weighted by molar-refractivity contribution is -0.384. The summed E-state index contributed by atoms with van der Waals surface area (Å²) in [6.07, 6.45) is 0. The summed E-state index contributed by atoms with van der Waals surface area (Å²) in [7, 11) is 0. The number of rotatable bonds is 7. The number of amides is 1. The molecule has 2 N–H and O–H groups in total. The molecule has 0 radical (unpaired) electrons. The minimum Gasteiger partial charge on any atom is -0.319 e. The first-order valence-electron chi connectivity index (χ1n) is 9.37. The molecule has 0 bridgehead atoms. The van der Waals surface area contributed by atoms with E-state index >= 15 is 0 Å². The topological polar surface area (TPSA) is 84.3 Å². The van der Waals surface area contributed by atoms with Gasteiger partial charge in [0.2, 0.25) is 5.91 Å². The van der Waals surface area contributed by atoms with E-state index in [0.717, 1.165) is 16.7 Å². The number of aryl methyl sites for hydroxylation is 1. The van der Waals surface area contributed by atoms with Gasteiger partial charge in [0.05, 0.1) is 4.92 Å². The summed E-state index contributed by atoms with van der Waals surface area (Å²) in [5.74, 6) is -0.356.